The zero-order valence-electron chi connectivity index (χ0n) is 21.4. The van der Waals surface area contributed by atoms with Crippen LogP contribution in [0, 0.1) is 5.41 Å². The number of aliphatic hydroxyl groups is 1. The summed E-state index contributed by atoms with van der Waals surface area (Å²) in [6.45, 7) is 0.656. The molecule has 0 radical (unpaired) electrons. The Kier molecular flexibility index (Phi) is 3.97. The van der Waals surface area contributed by atoms with Gasteiger partial charge in [0.25, 0.3) is 0 Å². The van der Waals surface area contributed by atoms with Crippen LogP contribution in [0.2, 0.25) is 5.02 Å². The molecule has 5 heteroatoms. The molecule has 1 saturated heterocycles. The maximum Gasteiger partial charge on any atom is 0.173 e. The number of carbonyl (C=O) groups excluding carboxylic acids is 1. The van der Waals surface area contributed by atoms with Gasteiger partial charge in [0, 0.05) is 34.4 Å². The Morgan fingerprint density at radius 2 is 1.62 bits per heavy atom. The summed E-state index contributed by atoms with van der Waals surface area (Å²) in [6.07, 6.45) is 0.545. The van der Waals surface area contributed by atoms with E-state index in [2.05, 4.69) is 54.4 Å². The second-order valence-corrected chi connectivity index (χ2v) is 12.3. The number of para-hydroxylation sites is 1. The maximum absolute atomic E-state index is 15.3. The molecule has 2 bridgehead atoms. The number of ketones is 1. The van der Waals surface area contributed by atoms with Crippen molar-refractivity contribution in [2.75, 3.05) is 13.6 Å². The zero-order chi connectivity index (χ0) is 26.3. The summed E-state index contributed by atoms with van der Waals surface area (Å²) in [5.41, 5.74) is 2.18. The first kappa shape index (κ1) is 22.3. The van der Waals surface area contributed by atoms with Crippen molar-refractivity contribution in [3.8, 4) is 0 Å². The van der Waals surface area contributed by atoms with Crippen LogP contribution in [0.1, 0.15) is 51.0 Å². The predicted molar refractivity (Wildman–Crippen MR) is 152 cm³/mol. The molecule has 2 heterocycles. The van der Waals surface area contributed by atoms with Crippen molar-refractivity contribution < 1.29 is 9.90 Å². The van der Waals surface area contributed by atoms with Gasteiger partial charge in [-0.3, -0.25) is 14.7 Å². The number of likely N-dealkylation sites (N-methyl/N-ethyl adjacent to an activating group) is 1. The first-order chi connectivity index (χ1) is 18.9. The third-order valence-corrected chi connectivity index (χ3v) is 10.8. The lowest BCUT2D eigenvalue weighted by Crippen LogP contribution is -2.58. The van der Waals surface area contributed by atoms with Gasteiger partial charge in [0.15, 0.2) is 5.78 Å². The largest absolute Gasteiger partial charge is 0.382 e. The second kappa shape index (κ2) is 6.95. The van der Waals surface area contributed by atoms with Crippen molar-refractivity contribution in [2.45, 2.75) is 29.4 Å². The fourth-order valence-electron chi connectivity index (χ4n) is 9.41. The number of carbonyl (C=O) groups is 1. The smallest absolute Gasteiger partial charge is 0.173 e. The highest BCUT2D eigenvalue weighted by atomic mass is 35.5. The highest BCUT2D eigenvalue weighted by molar-refractivity contribution is 6.30. The number of Topliss-reactive ketones (excluding diaryl/α,β-unsaturated/α-hetero) is 1. The van der Waals surface area contributed by atoms with Gasteiger partial charge < -0.3 is 5.11 Å². The summed E-state index contributed by atoms with van der Waals surface area (Å²) in [4.78, 5) is 22.7. The molecule has 3 aliphatic carbocycles. The molecule has 2 fully saturated rings. The third-order valence-electron chi connectivity index (χ3n) is 10.6. The quantitative estimate of drug-likeness (QED) is 0.268. The molecule has 5 aromatic rings. The molecular formula is C34H25ClN2O2. The van der Waals surface area contributed by atoms with E-state index in [-0.39, 0.29) is 17.6 Å². The van der Waals surface area contributed by atoms with Crippen molar-refractivity contribution in [3.63, 3.8) is 0 Å². The van der Waals surface area contributed by atoms with Crippen LogP contribution < -0.4 is 0 Å². The van der Waals surface area contributed by atoms with Crippen molar-refractivity contribution in [1.82, 2.24) is 9.88 Å². The number of hydrogen-bond donors (Lipinski definition) is 1. The van der Waals surface area contributed by atoms with E-state index in [1.807, 2.05) is 48.5 Å². The van der Waals surface area contributed by atoms with E-state index in [9.17, 15) is 5.11 Å². The molecule has 1 aliphatic heterocycles. The Hall–Kier alpha value is -3.57. The molecule has 4 aromatic carbocycles. The third kappa shape index (κ3) is 2.20. The summed E-state index contributed by atoms with van der Waals surface area (Å²) in [5, 5.41) is 17.3. The van der Waals surface area contributed by atoms with E-state index in [1.165, 1.54) is 0 Å². The van der Waals surface area contributed by atoms with Gasteiger partial charge in [0.2, 0.25) is 0 Å². The topological polar surface area (TPSA) is 53.4 Å². The number of benzene rings is 4. The number of pyridine rings is 1. The number of likely N-dealkylation sites (tertiary alicyclic amines) is 1. The molecule has 9 rings (SSSR count). The minimum atomic E-state index is -1.32. The average Bonchev–Trinajstić information content (AvgIpc) is 3.45. The van der Waals surface area contributed by atoms with Gasteiger partial charge in [0.05, 0.1) is 22.2 Å². The van der Waals surface area contributed by atoms with Crippen molar-refractivity contribution in [2.24, 2.45) is 5.41 Å². The number of aromatic nitrogens is 1. The minimum Gasteiger partial charge on any atom is -0.382 e. The highest BCUT2D eigenvalue weighted by Gasteiger charge is 2.85. The standard InChI is InChI=1S/C34H25ClN2O2/c1-37-18-27(19-12-14-22(35)15-13-19)32-17-26(30-23(31(32)38)16-21-6-2-3-11-28(21)36-30)33(39)24-9-4-7-20-8-5-10-25(29(20)24)34(32,33)37/h2-16,26-27,39H,17-18H2,1H3/t26-,27+,32-,33-,34+/m0/s1. The number of nitrogens with zero attached hydrogens (tertiary/aromatic N) is 2. The van der Waals surface area contributed by atoms with E-state index in [0.717, 1.165) is 44.1 Å². The van der Waals surface area contributed by atoms with Crippen LogP contribution in [0.4, 0.5) is 0 Å². The molecule has 5 atom stereocenters. The molecule has 1 saturated carbocycles. The molecular weight excluding hydrogens is 504 g/mol. The van der Waals surface area contributed by atoms with Crippen LogP contribution in [-0.2, 0) is 11.1 Å². The Labute approximate surface area is 230 Å². The minimum absolute atomic E-state index is 0.0945. The molecule has 0 unspecified atom stereocenters. The van der Waals surface area contributed by atoms with Crippen molar-refractivity contribution in [1.29, 1.82) is 0 Å². The van der Waals surface area contributed by atoms with Crippen molar-refractivity contribution in [3.05, 3.63) is 124 Å². The van der Waals surface area contributed by atoms with Gasteiger partial charge in [-0.25, -0.2) is 0 Å². The monoisotopic (exact) mass is 528 g/mol. The molecule has 1 aromatic heterocycles. The number of halogens is 1. The maximum atomic E-state index is 15.3. The first-order valence-corrected chi connectivity index (χ1v) is 14.0. The van der Waals surface area contributed by atoms with E-state index in [1.54, 1.807) is 0 Å². The Morgan fingerprint density at radius 3 is 2.41 bits per heavy atom. The van der Waals surface area contributed by atoms with Gasteiger partial charge >= 0.3 is 0 Å². The lowest BCUT2D eigenvalue weighted by Gasteiger charge is -2.48. The molecule has 190 valence electrons. The van der Waals surface area contributed by atoms with Crippen LogP contribution >= 0.6 is 11.6 Å². The second-order valence-electron chi connectivity index (χ2n) is 11.8. The molecule has 0 amide bonds. The molecule has 39 heavy (non-hydrogen) atoms. The summed E-state index contributed by atoms with van der Waals surface area (Å²) in [7, 11) is 2.09. The van der Waals surface area contributed by atoms with Crippen LogP contribution in [0.15, 0.2) is 91.0 Å². The highest BCUT2D eigenvalue weighted by Crippen LogP contribution is 2.81. The predicted octanol–water partition coefficient (Wildman–Crippen LogP) is 6.54. The van der Waals surface area contributed by atoms with Crippen LogP contribution in [0.5, 0.6) is 0 Å². The zero-order valence-corrected chi connectivity index (χ0v) is 22.1. The van der Waals surface area contributed by atoms with E-state index in [4.69, 9.17) is 16.6 Å². The number of hydrogen-bond acceptors (Lipinski definition) is 4. The van der Waals surface area contributed by atoms with Gasteiger partial charge in [0.1, 0.15) is 5.60 Å². The van der Waals surface area contributed by atoms with Crippen LogP contribution in [0.25, 0.3) is 21.7 Å². The molecule has 4 aliphatic rings. The molecule has 2 spiro atoms. The van der Waals surface area contributed by atoms with E-state index < -0.39 is 16.6 Å². The summed E-state index contributed by atoms with van der Waals surface area (Å²) < 4.78 is 0. The normalized spacial score (nSPS) is 32.0. The summed E-state index contributed by atoms with van der Waals surface area (Å²) in [5.74, 6) is -0.352. The molecule has 1 N–H and O–H groups in total. The van der Waals surface area contributed by atoms with Gasteiger partial charge in [-0.15, -0.1) is 0 Å². The average molecular weight is 529 g/mol. The van der Waals surface area contributed by atoms with E-state index >= 15 is 4.79 Å². The fraction of sp³-hybridized carbons (Fsp3) is 0.235. The molecule has 4 nitrogen and oxygen atoms in total. The number of fused-ring (bicyclic) bond motifs is 6. The lowest BCUT2D eigenvalue weighted by molar-refractivity contribution is -0.104. The SMILES string of the molecule is CN1C[C@H](c2ccc(Cl)cc2)[C@@]23C[C@@H](c4nc5ccccc5cc4C2=O)[C@@]2(O)c4cccc5cccc(c45)[C@@]132. The van der Waals surface area contributed by atoms with Gasteiger partial charge in [-0.05, 0) is 65.2 Å². The summed E-state index contributed by atoms with van der Waals surface area (Å²) >= 11 is 6.31. The Balaban J connectivity index is 1.45. The fourth-order valence-corrected chi connectivity index (χ4v) is 9.54. The van der Waals surface area contributed by atoms with Gasteiger partial charge in [-0.1, -0.05) is 78.3 Å². The Bertz CT molecular complexity index is 1910. The summed E-state index contributed by atoms with van der Waals surface area (Å²) in [6, 6.07) is 30.5. The van der Waals surface area contributed by atoms with E-state index in [0.29, 0.717) is 23.6 Å². The first-order valence-electron chi connectivity index (χ1n) is 13.6. The lowest BCUT2D eigenvalue weighted by atomic mass is 9.57. The van der Waals surface area contributed by atoms with Crippen LogP contribution in [-0.4, -0.2) is 34.4 Å². The number of rotatable bonds is 1. The van der Waals surface area contributed by atoms with Crippen LogP contribution in [0.3, 0.4) is 0 Å². The van der Waals surface area contributed by atoms with Crippen molar-refractivity contribution >= 4 is 39.1 Å². The Morgan fingerprint density at radius 1 is 0.897 bits per heavy atom. The van der Waals surface area contributed by atoms with Gasteiger partial charge in [-0.2, -0.15) is 0 Å².